The second-order valence-electron chi connectivity index (χ2n) is 3.05. The van der Waals surface area contributed by atoms with Gasteiger partial charge < -0.3 is 0 Å². The van der Waals surface area contributed by atoms with E-state index in [0.29, 0.717) is 0 Å². The van der Waals surface area contributed by atoms with Crippen molar-refractivity contribution in [1.82, 2.24) is 0 Å². The minimum absolute atomic E-state index is 0.885. The smallest absolute Gasteiger partial charge is 0.0325 e. The third-order valence-electron chi connectivity index (χ3n) is 1.82. The van der Waals surface area contributed by atoms with Gasteiger partial charge in [-0.3, -0.25) is 0 Å². The second-order valence-corrected chi connectivity index (χ2v) is 3.05. The van der Waals surface area contributed by atoms with Crippen LogP contribution in [0.15, 0.2) is 12.2 Å². The van der Waals surface area contributed by atoms with E-state index >= 15 is 0 Å². The van der Waals surface area contributed by atoms with Crippen molar-refractivity contribution in [1.29, 1.82) is 0 Å². The highest BCUT2D eigenvalue weighted by Gasteiger charge is 1.96. The van der Waals surface area contributed by atoms with Crippen LogP contribution in [0.5, 0.6) is 0 Å². The van der Waals surface area contributed by atoms with Crippen LogP contribution >= 0.6 is 0 Å². The Bertz CT molecular complexity index is 82.0. The Balaban J connectivity index is 3.16. The fourth-order valence-corrected chi connectivity index (χ4v) is 1.04. The lowest BCUT2D eigenvalue weighted by Gasteiger charge is -2.05. The molecule has 60 valence electrons. The van der Waals surface area contributed by atoms with Crippen molar-refractivity contribution in [2.24, 2.45) is 5.92 Å². The van der Waals surface area contributed by atoms with Gasteiger partial charge in [-0.15, -0.1) is 0 Å². The van der Waals surface area contributed by atoms with E-state index in [2.05, 4.69) is 32.9 Å². The minimum atomic E-state index is 0.885. The highest BCUT2D eigenvalue weighted by atomic mass is 14.0. The Labute approximate surface area is 65.3 Å². The zero-order chi connectivity index (χ0) is 7.82. The molecule has 0 saturated carbocycles. The second kappa shape index (κ2) is 6.85. The molecule has 0 spiro atoms. The molecule has 1 atom stereocenters. The number of unbranched alkanes of at least 4 members (excludes halogenated alkanes) is 1. The molecule has 0 bridgehead atoms. The molecule has 0 heteroatoms. The van der Waals surface area contributed by atoms with Gasteiger partial charge in [0.1, 0.15) is 0 Å². The van der Waals surface area contributed by atoms with Crippen LogP contribution in [0.25, 0.3) is 0 Å². The van der Waals surface area contributed by atoms with Crippen molar-refractivity contribution in [3.8, 4) is 0 Å². The van der Waals surface area contributed by atoms with Crippen LogP contribution in [0.3, 0.4) is 0 Å². The van der Waals surface area contributed by atoms with Crippen molar-refractivity contribution < 1.29 is 0 Å². The first-order valence-electron chi connectivity index (χ1n) is 4.42. The van der Waals surface area contributed by atoms with E-state index in [9.17, 15) is 0 Å². The average molecular weight is 140 g/mol. The molecule has 0 fully saturated rings. The Morgan fingerprint density at radius 3 is 2.60 bits per heavy atom. The van der Waals surface area contributed by atoms with Crippen LogP contribution < -0.4 is 0 Å². The molecule has 0 N–H and O–H groups in total. The van der Waals surface area contributed by atoms with Gasteiger partial charge in [0.2, 0.25) is 0 Å². The van der Waals surface area contributed by atoms with E-state index in [1.807, 2.05) is 0 Å². The molecule has 0 aromatic carbocycles. The Hall–Kier alpha value is -0.260. The number of allylic oxidation sites excluding steroid dienone is 2. The molecule has 10 heavy (non-hydrogen) atoms. The monoisotopic (exact) mass is 140 g/mol. The van der Waals surface area contributed by atoms with Gasteiger partial charge in [-0.1, -0.05) is 45.3 Å². The summed E-state index contributed by atoms with van der Waals surface area (Å²) in [4.78, 5) is 0. The van der Waals surface area contributed by atoms with Gasteiger partial charge in [-0.2, -0.15) is 0 Å². The van der Waals surface area contributed by atoms with E-state index in [0.717, 1.165) is 5.92 Å². The van der Waals surface area contributed by atoms with Crippen LogP contribution in [0, 0.1) is 5.92 Å². The summed E-state index contributed by atoms with van der Waals surface area (Å²) in [6.07, 6.45) is 9.78. The maximum absolute atomic E-state index is 2.33. The largest absolute Gasteiger partial charge is 0.0917 e. The molecule has 1 unspecified atom stereocenters. The lowest BCUT2D eigenvalue weighted by molar-refractivity contribution is 0.512. The maximum atomic E-state index is 2.33. The van der Waals surface area contributed by atoms with Crippen LogP contribution in [-0.2, 0) is 0 Å². The zero-order valence-corrected chi connectivity index (χ0v) is 7.56. The van der Waals surface area contributed by atoms with Crippen LogP contribution in [0.4, 0.5) is 0 Å². The predicted octanol–water partition coefficient (Wildman–Crippen LogP) is 3.78. The summed E-state index contributed by atoms with van der Waals surface area (Å²) in [5.74, 6) is 0.885. The third kappa shape index (κ3) is 5.87. The van der Waals surface area contributed by atoms with E-state index in [4.69, 9.17) is 0 Å². The van der Waals surface area contributed by atoms with Crippen LogP contribution in [0.2, 0.25) is 0 Å². The molecular formula is C10H20. The first-order chi connectivity index (χ1) is 4.81. The summed E-state index contributed by atoms with van der Waals surface area (Å²) in [6, 6.07) is 0. The molecule has 0 aliphatic carbocycles. The summed E-state index contributed by atoms with van der Waals surface area (Å²) < 4.78 is 0. The predicted molar refractivity (Wildman–Crippen MR) is 48.1 cm³/mol. The molecular weight excluding hydrogens is 120 g/mol. The minimum Gasteiger partial charge on any atom is -0.0917 e. The fraction of sp³-hybridized carbons (Fsp3) is 0.800. The fourth-order valence-electron chi connectivity index (χ4n) is 1.04. The normalized spacial score (nSPS) is 14.3. The van der Waals surface area contributed by atoms with Gasteiger partial charge in [0.15, 0.2) is 0 Å². The van der Waals surface area contributed by atoms with E-state index in [-0.39, 0.29) is 0 Å². The SMILES string of the molecule is C/C=C\CC(C)CCCC. The van der Waals surface area contributed by atoms with Crippen molar-refractivity contribution >= 4 is 0 Å². The molecule has 0 aliphatic heterocycles. The van der Waals surface area contributed by atoms with Crippen LogP contribution in [-0.4, -0.2) is 0 Å². The number of hydrogen-bond acceptors (Lipinski definition) is 0. The standard InChI is InChI=1S/C10H20/c1-4-6-8-10(3)9-7-5-2/h4,6,10H,5,7-9H2,1-3H3/b6-4-. The summed E-state index contributed by atoms with van der Waals surface area (Å²) in [7, 11) is 0. The highest BCUT2D eigenvalue weighted by molar-refractivity contribution is 4.78. The van der Waals surface area contributed by atoms with Crippen molar-refractivity contribution in [2.45, 2.75) is 46.5 Å². The van der Waals surface area contributed by atoms with Crippen molar-refractivity contribution in [3.05, 3.63) is 12.2 Å². The molecule has 0 aromatic heterocycles. The topological polar surface area (TPSA) is 0 Å². The Morgan fingerprint density at radius 2 is 2.10 bits per heavy atom. The van der Waals surface area contributed by atoms with E-state index < -0.39 is 0 Å². The van der Waals surface area contributed by atoms with E-state index in [1.54, 1.807) is 0 Å². The lowest BCUT2D eigenvalue weighted by atomic mass is 10.0. The average Bonchev–Trinajstić information content (AvgIpc) is 1.97. The molecule has 0 rings (SSSR count). The quantitative estimate of drug-likeness (QED) is 0.510. The lowest BCUT2D eigenvalue weighted by Crippen LogP contribution is -1.91. The summed E-state index contributed by atoms with van der Waals surface area (Å²) in [5.41, 5.74) is 0. The van der Waals surface area contributed by atoms with Gasteiger partial charge in [0, 0.05) is 0 Å². The molecule has 0 aromatic rings. The molecule has 0 heterocycles. The third-order valence-corrected chi connectivity index (χ3v) is 1.82. The summed E-state index contributed by atoms with van der Waals surface area (Å²) >= 11 is 0. The van der Waals surface area contributed by atoms with Crippen molar-refractivity contribution in [2.75, 3.05) is 0 Å². The first kappa shape index (κ1) is 9.74. The van der Waals surface area contributed by atoms with Gasteiger partial charge in [-0.05, 0) is 19.3 Å². The van der Waals surface area contributed by atoms with Crippen LogP contribution in [0.1, 0.15) is 46.5 Å². The molecule has 0 radical (unpaired) electrons. The first-order valence-corrected chi connectivity index (χ1v) is 4.42. The molecule has 0 aliphatic rings. The maximum Gasteiger partial charge on any atom is -0.0325 e. The summed E-state index contributed by atoms with van der Waals surface area (Å²) in [6.45, 7) is 6.67. The highest BCUT2D eigenvalue weighted by Crippen LogP contribution is 2.11. The number of hydrogen-bond donors (Lipinski definition) is 0. The molecule has 0 amide bonds. The van der Waals surface area contributed by atoms with Crippen molar-refractivity contribution in [3.63, 3.8) is 0 Å². The van der Waals surface area contributed by atoms with E-state index in [1.165, 1.54) is 25.7 Å². The van der Waals surface area contributed by atoms with Gasteiger partial charge in [-0.25, -0.2) is 0 Å². The zero-order valence-electron chi connectivity index (χ0n) is 7.56. The van der Waals surface area contributed by atoms with Gasteiger partial charge in [0.05, 0.1) is 0 Å². The Kier molecular flexibility index (Phi) is 6.68. The Morgan fingerprint density at radius 1 is 1.40 bits per heavy atom. The van der Waals surface area contributed by atoms with Gasteiger partial charge in [0.25, 0.3) is 0 Å². The molecule has 0 nitrogen and oxygen atoms in total. The summed E-state index contributed by atoms with van der Waals surface area (Å²) in [5, 5.41) is 0. The van der Waals surface area contributed by atoms with Gasteiger partial charge >= 0.3 is 0 Å². The molecule has 0 saturated heterocycles. The number of rotatable bonds is 5.